The fourth-order valence-corrected chi connectivity index (χ4v) is 1.18. The molecule has 17 heavy (non-hydrogen) atoms. The number of benzene rings is 1. The average Bonchev–Trinajstić information content (AvgIpc) is 2.24. The van der Waals surface area contributed by atoms with Crippen molar-refractivity contribution in [2.24, 2.45) is 5.73 Å². The topological polar surface area (TPSA) is 81.8 Å². The molecule has 0 spiro atoms. The van der Waals surface area contributed by atoms with Gasteiger partial charge in [0, 0.05) is 5.54 Å². The summed E-state index contributed by atoms with van der Waals surface area (Å²) in [7, 11) is 1.46. The van der Waals surface area contributed by atoms with Crippen molar-refractivity contribution in [2.75, 3.05) is 13.7 Å². The van der Waals surface area contributed by atoms with Gasteiger partial charge in [-0.05, 0) is 32.0 Å². The number of methoxy groups -OCH3 is 1. The van der Waals surface area contributed by atoms with Gasteiger partial charge in [0.1, 0.15) is 6.61 Å². The Morgan fingerprint density at radius 3 is 2.53 bits per heavy atom. The zero-order chi connectivity index (χ0) is 13.1. The molecule has 3 N–H and O–H groups in total. The van der Waals surface area contributed by atoms with Gasteiger partial charge in [0.2, 0.25) is 0 Å². The number of hydrogen-bond acceptors (Lipinski definition) is 4. The van der Waals surface area contributed by atoms with E-state index in [1.165, 1.54) is 19.2 Å². The molecule has 0 saturated heterocycles. The average molecular weight is 239 g/mol. The first kappa shape index (κ1) is 13.3. The first-order valence-corrected chi connectivity index (χ1v) is 5.16. The normalized spacial score (nSPS) is 11.1. The summed E-state index contributed by atoms with van der Waals surface area (Å²) in [6.45, 7) is 3.99. The summed E-state index contributed by atoms with van der Waals surface area (Å²) < 4.78 is 10.6. The van der Waals surface area contributed by atoms with Crippen LogP contribution in [-0.2, 0) is 0 Å². The Bertz CT molecular complexity index is 409. The smallest absolute Gasteiger partial charge is 0.335 e. The number of carbonyl (C=O) groups is 1. The zero-order valence-electron chi connectivity index (χ0n) is 10.2. The van der Waals surface area contributed by atoms with Gasteiger partial charge in [-0.15, -0.1) is 0 Å². The minimum atomic E-state index is -1.01. The van der Waals surface area contributed by atoms with Gasteiger partial charge in [-0.3, -0.25) is 0 Å². The molecule has 1 aromatic carbocycles. The van der Waals surface area contributed by atoms with E-state index in [4.69, 9.17) is 20.3 Å². The van der Waals surface area contributed by atoms with Crippen molar-refractivity contribution >= 4 is 5.97 Å². The predicted octanol–water partition coefficient (Wildman–Crippen LogP) is 1.51. The van der Waals surface area contributed by atoms with Gasteiger partial charge >= 0.3 is 5.97 Å². The molecule has 0 aliphatic rings. The van der Waals surface area contributed by atoms with E-state index in [9.17, 15) is 4.79 Å². The SMILES string of the molecule is COc1cc(C(=O)O)ccc1OCC(C)(C)N. The van der Waals surface area contributed by atoms with Crippen molar-refractivity contribution in [3.63, 3.8) is 0 Å². The van der Waals surface area contributed by atoms with E-state index in [0.717, 1.165) is 0 Å². The zero-order valence-corrected chi connectivity index (χ0v) is 10.2. The highest BCUT2D eigenvalue weighted by Gasteiger charge is 2.15. The van der Waals surface area contributed by atoms with Crippen LogP contribution < -0.4 is 15.2 Å². The second-order valence-corrected chi connectivity index (χ2v) is 4.45. The minimum absolute atomic E-state index is 0.154. The Balaban J connectivity index is 2.89. The summed E-state index contributed by atoms with van der Waals surface area (Å²) in [6, 6.07) is 4.44. The Kier molecular flexibility index (Phi) is 3.96. The van der Waals surface area contributed by atoms with Crippen molar-refractivity contribution in [1.29, 1.82) is 0 Å². The van der Waals surface area contributed by atoms with Gasteiger partial charge in [-0.25, -0.2) is 4.79 Å². The van der Waals surface area contributed by atoms with Crippen molar-refractivity contribution in [3.05, 3.63) is 23.8 Å². The highest BCUT2D eigenvalue weighted by atomic mass is 16.5. The van der Waals surface area contributed by atoms with E-state index in [1.54, 1.807) is 6.07 Å². The summed E-state index contributed by atoms with van der Waals surface area (Å²) in [5.74, 6) is -0.140. The van der Waals surface area contributed by atoms with Crippen molar-refractivity contribution in [2.45, 2.75) is 19.4 Å². The molecule has 1 rings (SSSR count). The predicted molar refractivity (Wildman–Crippen MR) is 63.7 cm³/mol. The highest BCUT2D eigenvalue weighted by molar-refractivity contribution is 5.88. The molecule has 0 aliphatic carbocycles. The molecule has 0 unspecified atom stereocenters. The minimum Gasteiger partial charge on any atom is -0.493 e. The number of carboxylic acid groups (broad SMARTS) is 1. The standard InChI is InChI=1S/C12H17NO4/c1-12(2,13)7-17-9-5-4-8(11(14)15)6-10(9)16-3/h4-6H,7,13H2,1-3H3,(H,14,15). The lowest BCUT2D eigenvalue weighted by molar-refractivity contribution is 0.0696. The fourth-order valence-electron chi connectivity index (χ4n) is 1.18. The Morgan fingerprint density at radius 2 is 2.06 bits per heavy atom. The van der Waals surface area contributed by atoms with E-state index >= 15 is 0 Å². The summed E-state index contributed by atoms with van der Waals surface area (Å²) in [4.78, 5) is 10.8. The lowest BCUT2D eigenvalue weighted by Crippen LogP contribution is -2.38. The Hall–Kier alpha value is -1.75. The monoisotopic (exact) mass is 239 g/mol. The van der Waals surface area contributed by atoms with Crippen molar-refractivity contribution in [3.8, 4) is 11.5 Å². The third-order valence-electron chi connectivity index (χ3n) is 2.01. The summed E-state index contributed by atoms with van der Waals surface area (Å²) >= 11 is 0. The highest BCUT2D eigenvalue weighted by Crippen LogP contribution is 2.28. The molecule has 0 amide bonds. The van der Waals surface area contributed by atoms with Crippen LogP contribution in [0.2, 0.25) is 0 Å². The first-order chi connectivity index (χ1) is 7.83. The molecule has 5 nitrogen and oxygen atoms in total. The number of aromatic carboxylic acids is 1. The van der Waals surface area contributed by atoms with Crippen molar-refractivity contribution in [1.82, 2.24) is 0 Å². The van der Waals surface area contributed by atoms with E-state index in [0.29, 0.717) is 18.1 Å². The molecule has 0 fully saturated rings. The maximum atomic E-state index is 10.8. The number of rotatable bonds is 5. The molecule has 0 saturated carbocycles. The van der Waals surface area contributed by atoms with Crippen molar-refractivity contribution < 1.29 is 19.4 Å². The van der Waals surface area contributed by atoms with Gasteiger partial charge in [0.15, 0.2) is 11.5 Å². The quantitative estimate of drug-likeness (QED) is 0.813. The van der Waals surface area contributed by atoms with Gasteiger partial charge in [0.25, 0.3) is 0 Å². The molecular formula is C12H17NO4. The van der Waals surface area contributed by atoms with Gasteiger partial charge in [0.05, 0.1) is 12.7 Å². The second kappa shape index (κ2) is 5.05. The van der Waals surface area contributed by atoms with E-state index in [2.05, 4.69) is 0 Å². The molecule has 0 radical (unpaired) electrons. The Labute approximate surface area is 100 Å². The van der Waals surface area contributed by atoms with Crippen LogP contribution >= 0.6 is 0 Å². The van der Waals surface area contributed by atoms with Crippen LogP contribution in [0.25, 0.3) is 0 Å². The molecule has 94 valence electrons. The first-order valence-electron chi connectivity index (χ1n) is 5.16. The molecular weight excluding hydrogens is 222 g/mol. The Morgan fingerprint density at radius 1 is 1.41 bits per heavy atom. The fraction of sp³-hybridized carbons (Fsp3) is 0.417. The number of nitrogens with two attached hydrogens (primary N) is 1. The van der Waals surface area contributed by atoms with Crippen LogP contribution in [0.3, 0.4) is 0 Å². The van der Waals surface area contributed by atoms with Gasteiger partial charge in [-0.2, -0.15) is 0 Å². The lowest BCUT2D eigenvalue weighted by atomic mass is 10.1. The van der Waals surface area contributed by atoms with Crippen LogP contribution in [0.1, 0.15) is 24.2 Å². The van der Waals surface area contributed by atoms with Crippen LogP contribution in [0.4, 0.5) is 0 Å². The molecule has 0 bridgehead atoms. The van der Waals surface area contributed by atoms with E-state index < -0.39 is 11.5 Å². The van der Waals surface area contributed by atoms with Gasteiger partial charge < -0.3 is 20.3 Å². The van der Waals surface area contributed by atoms with Gasteiger partial charge in [-0.1, -0.05) is 0 Å². The molecule has 0 aliphatic heterocycles. The molecule has 0 heterocycles. The van der Waals surface area contributed by atoms with E-state index in [1.807, 2.05) is 13.8 Å². The largest absolute Gasteiger partial charge is 0.493 e. The number of ether oxygens (including phenoxy) is 2. The molecule has 5 heteroatoms. The van der Waals surface area contributed by atoms with Crippen LogP contribution in [-0.4, -0.2) is 30.3 Å². The summed E-state index contributed by atoms with van der Waals surface area (Å²) in [5.41, 5.74) is 5.49. The number of carboxylic acids is 1. The molecule has 1 aromatic rings. The summed E-state index contributed by atoms with van der Waals surface area (Å²) in [5, 5.41) is 8.84. The lowest BCUT2D eigenvalue weighted by Gasteiger charge is -2.20. The molecule has 0 aromatic heterocycles. The number of hydrogen-bond donors (Lipinski definition) is 2. The molecule has 0 atom stereocenters. The van der Waals surface area contributed by atoms with Crippen LogP contribution in [0, 0.1) is 0 Å². The maximum Gasteiger partial charge on any atom is 0.335 e. The summed E-state index contributed by atoms with van der Waals surface area (Å²) in [6.07, 6.45) is 0. The van der Waals surface area contributed by atoms with Crippen LogP contribution in [0.15, 0.2) is 18.2 Å². The third kappa shape index (κ3) is 3.96. The third-order valence-corrected chi connectivity index (χ3v) is 2.01. The van der Waals surface area contributed by atoms with Crippen LogP contribution in [0.5, 0.6) is 11.5 Å². The second-order valence-electron chi connectivity index (χ2n) is 4.45. The maximum absolute atomic E-state index is 10.8. The van der Waals surface area contributed by atoms with E-state index in [-0.39, 0.29) is 5.56 Å².